The molecule has 0 saturated heterocycles. The molecule has 122 valence electrons. The number of rotatable bonds is 5. The van der Waals surface area contributed by atoms with Gasteiger partial charge < -0.3 is 0 Å². The number of nitrogens with zero attached hydrogens (tertiary/aromatic N) is 1. The van der Waals surface area contributed by atoms with Crippen LogP contribution in [0.5, 0.6) is 0 Å². The van der Waals surface area contributed by atoms with Crippen molar-refractivity contribution in [3.05, 3.63) is 64.5 Å². The Morgan fingerprint density at radius 1 is 1.25 bits per heavy atom. The number of aromatic nitrogens is 1. The maximum atomic E-state index is 12.4. The number of thioether (sulfide) groups is 1. The first kappa shape index (κ1) is 17.0. The minimum absolute atomic E-state index is 0.148. The summed E-state index contributed by atoms with van der Waals surface area (Å²) in [6, 6.07) is 15.1. The lowest BCUT2D eigenvalue weighted by atomic mass is 10.2. The van der Waals surface area contributed by atoms with Crippen LogP contribution in [0.2, 0.25) is 5.02 Å². The molecule has 1 heterocycles. The number of hydrogen-bond donors (Lipinski definition) is 1. The zero-order valence-electron chi connectivity index (χ0n) is 13.0. The van der Waals surface area contributed by atoms with Gasteiger partial charge >= 0.3 is 0 Å². The molecule has 1 amide bonds. The molecule has 24 heavy (non-hydrogen) atoms. The highest BCUT2D eigenvalue weighted by Crippen LogP contribution is 2.26. The van der Waals surface area contributed by atoms with E-state index in [9.17, 15) is 4.79 Å². The monoisotopic (exact) mass is 374 g/mol. The fourth-order valence-corrected chi connectivity index (χ4v) is 3.71. The predicted octanol–water partition coefficient (Wildman–Crippen LogP) is 5.83. The fourth-order valence-electron chi connectivity index (χ4n) is 2.15. The summed E-state index contributed by atoms with van der Waals surface area (Å²) >= 11 is 9.02. The van der Waals surface area contributed by atoms with Gasteiger partial charge in [-0.3, -0.25) is 10.1 Å². The molecular formula is C18H15ClN2OS2. The Kier molecular flexibility index (Phi) is 5.56. The molecule has 1 aromatic heterocycles. The van der Waals surface area contributed by atoms with Gasteiger partial charge in [-0.15, -0.1) is 23.1 Å². The van der Waals surface area contributed by atoms with Crippen LogP contribution in [0.3, 0.4) is 0 Å². The number of thiazole rings is 1. The van der Waals surface area contributed by atoms with Crippen molar-refractivity contribution in [3.8, 4) is 11.3 Å². The molecule has 1 N–H and O–H groups in total. The number of carbonyl (C=O) groups excluding carboxylic acids is 1. The van der Waals surface area contributed by atoms with Crippen molar-refractivity contribution < 1.29 is 4.79 Å². The van der Waals surface area contributed by atoms with Crippen molar-refractivity contribution in [3.63, 3.8) is 0 Å². The quantitative estimate of drug-likeness (QED) is 0.571. The molecule has 0 unspecified atom stereocenters. The van der Waals surface area contributed by atoms with Crippen LogP contribution < -0.4 is 5.32 Å². The predicted molar refractivity (Wildman–Crippen MR) is 103 cm³/mol. The zero-order chi connectivity index (χ0) is 16.9. The second kappa shape index (κ2) is 7.83. The number of amides is 1. The van der Waals surface area contributed by atoms with Crippen LogP contribution in [-0.4, -0.2) is 16.6 Å². The van der Waals surface area contributed by atoms with Gasteiger partial charge in [0.05, 0.1) is 5.69 Å². The maximum Gasteiger partial charge on any atom is 0.257 e. The van der Waals surface area contributed by atoms with Gasteiger partial charge in [-0.1, -0.05) is 36.7 Å². The van der Waals surface area contributed by atoms with Crippen molar-refractivity contribution in [2.24, 2.45) is 0 Å². The van der Waals surface area contributed by atoms with Gasteiger partial charge in [-0.05, 0) is 36.1 Å². The molecule has 0 spiro atoms. The van der Waals surface area contributed by atoms with Gasteiger partial charge in [0, 0.05) is 26.4 Å². The third kappa shape index (κ3) is 4.17. The van der Waals surface area contributed by atoms with Crippen molar-refractivity contribution in [1.29, 1.82) is 0 Å². The summed E-state index contributed by atoms with van der Waals surface area (Å²) in [5.74, 6) is 0.827. The zero-order valence-corrected chi connectivity index (χ0v) is 15.3. The highest BCUT2D eigenvalue weighted by molar-refractivity contribution is 7.99. The van der Waals surface area contributed by atoms with Crippen LogP contribution in [0.15, 0.2) is 58.8 Å². The summed E-state index contributed by atoms with van der Waals surface area (Å²) in [5.41, 5.74) is 2.43. The third-order valence-electron chi connectivity index (χ3n) is 3.27. The average Bonchev–Trinajstić information content (AvgIpc) is 3.04. The molecule has 0 aliphatic heterocycles. The molecular weight excluding hydrogens is 360 g/mol. The summed E-state index contributed by atoms with van der Waals surface area (Å²) in [5, 5.41) is 6.05. The Balaban J connectivity index is 1.73. The number of anilines is 1. The standard InChI is InChI=1S/C18H15ClN2OS2/c1-2-23-15-5-3-4-13(10-15)17(22)21-18-20-16(11-24-18)12-6-8-14(19)9-7-12/h3-11H,2H2,1H3,(H,20,21,22). The van der Waals surface area contributed by atoms with Crippen molar-refractivity contribution in [2.45, 2.75) is 11.8 Å². The van der Waals surface area contributed by atoms with E-state index in [0.29, 0.717) is 15.7 Å². The Morgan fingerprint density at radius 2 is 2.04 bits per heavy atom. The second-order valence-electron chi connectivity index (χ2n) is 4.96. The molecule has 3 aromatic rings. The first-order valence-corrected chi connectivity index (χ1v) is 9.65. The smallest absolute Gasteiger partial charge is 0.257 e. The van der Waals surface area contributed by atoms with Crippen LogP contribution in [0, 0.1) is 0 Å². The molecule has 0 aliphatic carbocycles. The van der Waals surface area contributed by atoms with Crippen molar-refractivity contribution in [1.82, 2.24) is 4.98 Å². The van der Waals surface area contributed by atoms with Crippen molar-refractivity contribution >= 4 is 45.7 Å². The molecule has 3 rings (SSSR count). The van der Waals surface area contributed by atoms with Crippen LogP contribution in [0.4, 0.5) is 5.13 Å². The number of hydrogen-bond acceptors (Lipinski definition) is 4. The van der Waals surface area contributed by atoms with E-state index in [1.165, 1.54) is 11.3 Å². The Hall–Kier alpha value is -1.82. The Bertz CT molecular complexity index is 846. The number of nitrogens with one attached hydrogen (secondary N) is 1. The average molecular weight is 375 g/mol. The van der Waals surface area contributed by atoms with E-state index >= 15 is 0 Å². The van der Waals surface area contributed by atoms with Crippen molar-refractivity contribution in [2.75, 3.05) is 11.1 Å². The normalized spacial score (nSPS) is 10.6. The lowest BCUT2D eigenvalue weighted by Crippen LogP contribution is -2.11. The molecule has 0 atom stereocenters. The largest absolute Gasteiger partial charge is 0.298 e. The lowest BCUT2D eigenvalue weighted by Gasteiger charge is -2.04. The number of carbonyl (C=O) groups is 1. The van der Waals surface area contributed by atoms with Gasteiger partial charge in [0.25, 0.3) is 5.91 Å². The highest BCUT2D eigenvalue weighted by Gasteiger charge is 2.10. The molecule has 2 aromatic carbocycles. The van der Waals surface area contributed by atoms with E-state index in [0.717, 1.165) is 21.9 Å². The summed E-state index contributed by atoms with van der Waals surface area (Å²) in [6.45, 7) is 2.09. The fraction of sp³-hybridized carbons (Fsp3) is 0.111. The van der Waals surface area contributed by atoms with Crippen LogP contribution >= 0.6 is 34.7 Å². The maximum absolute atomic E-state index is 12.4. The summed E-state index contributed by atoms with van der Waals surface area (Å²) in [6.07, 6.45) is 0. The van der Waals surface area contributed by atoms with Gasteiger partial charge in [-0.2, -0.15) is 0 Å². The van der Waals surface area contributed by atoms with E-state index in [1.807, 2.05) is 53.9 Å². The molecule has 0 radical (unpaired) electrons. The van der Waals surface area contributed by atoms with Gasteiger partial charge in [-0.25, -0.2) is 4.98 Å². The summed E-state index contributed by atoms with van der Waals surface area (Å²) < 4.78 is 0. The minimum Gasteiger partial charge on any atom is -0.298 e. The number of benzene rings is 2. The number of halogens is 1. The van der Waals surface area contributed by atoms with Gasteiger partial charge in [0.1, 0.15) is 0 Å². The Morgan fingerprint density at radius 3 is 2.79 bits per heavy atom. The summed E-state index contributed by atoms with van der Waals surface area (Å²) in [4.78, 5) is 18.0. The SMILES string of the molecule is CCSc1cccc(C(=O)Nc2nc(-c3ccc(Cl)cc3)cs2)c1. The van der Waals surface area contributed by atoms with Gasteiger partial charge in [0.2, 0.25) is 0 Å². The van der Waals surface area contributed by atoms with E-state index in [4.69, 9.17) is 11.6 Å². The van der Waals surface area contributed by atoms with Gasteiger partial charge in [0.15, 0.2) is 5.13 Å². The molecule has 0 bridgehead atoms. The van der Waals surface area contributed by atoms with Crippen LogP contribution in [-0.2, 0) is 0 Å². The van der Waals surface area contributed by atoms with E-state index < -0.39 is 0 Å². The lowest BCUT2D eigenvalue weighted by molar-refractivity contribution is 0.102. The van der Waals surface area contributed by atoms with E-state index in [2.05, 4.69) is 17.2 Å². The van der Waals surface area contributed by atoms with E-state index in [1.54, 1.807) is 11.8 Å². The van der Waals surface area contributed by atoms with E-state index in [-0.39, 0.29) is 5.91 Å². The molecule has 0 aliphatic rings. The topological polar surface area (TPSA) is 42.0 Å². The van der Waals surface area contributed by atoms with Crippen LogP contribution in [0.25, 0.3) is 11.3 Å². The minimum atomic E-state index is -0.148. The van der Waals surface area contributed by atoms with Crippen LogP contribution in [0.1, 0.15) is 17.3 Å². The molecule has 0 fully saturated rings. The second-order valence-corrected chi connectivity index (χ2v) is 7.59. The third-order valence-corrected chi connectivity index (χ3v) is 5.16. The summed E-state index contributed by atoms with van der Waals surface area (Å²) in [7, 11) is 0. The molecule has 0 saturated carbocycles. The molecule has 6 heteroatoms. The highest BCUT2D eigenvalue weighted by atomic mass is 35.5. The Labute approximate surface area is 154 Å². The first-order chi connectivity index (χ1) is 11.7. The molecule has 3 nitrogen and oxygen atoms in total. The first-order valence-electron chi connectivity index (χ1n) is 7.41.